The Kier molecular flexibility index (Phi) is 2.22. The van der Waals surface area contributed by atoms with Gasteiger partial charge in [-0.05, 0) is 12.8 Å². The summed E-state index contributed by atoms with van der Waals surface area (Å²) in [6.45, 7) is -0.0144. The lowest BCUT2D eigenvalue weighted by Gasteiger charge is -2.15. The van der Waals surface area contributed by atoms with Crippen molar-refractivity contribution in [3.8, 4) is 0 Å². The molecule has 3 aliphatic heterocycles. The second-order valence-electron chi connectivity index (χ2n) is 4.81. The smallest absolute Gasteiger partial charge is 0.305 e. The second-order valence-corrected chi connectivity index (χ2v) is 4.81. The van der Waals surface area contributed by atoms with Crippen LogP contribution in [0.4, 0.5) is 0 Å². The number of amides is 2. The van der Waals surface area contributed by atoms with E-state index in [0.29, 0.717) is 0 Å². The van der Waals surface area contributed by atoms with E-state index in [-0.39, 0.29) is 48.8 Å². The van der Waals surface area contributed by atoms with Crippen molar-refractivity contribution in [1.82, 2.24) is 4.90 Å². The fourth-order valence-electron chi connectivity index (χ4n) is 3.20. The molecule has 1 N–H and O–H groups in total. The van der Waals surface area contributed by atoms with Gasteiger partial charge in [0.15, 0.2) is 0 Å². The van der Waals surface area contributed by atoms with Gasteiger partial charge >= 0.3 is 5.97 Å². The molecular formula is C11H13NO5. The van der Waals surface area contributed by atoms with Crippen LogP contribution in [-0.4, -0.2) is 46.5 Å². The van der Waals surface area contributed by atoms with Gasteiger partial charge in [-0.3, -0.25) is 19.3 Å². The Labute approximate surface area is 97.5 Å². The molecule has 0 aromatic carbocycles. The van der Waals surface area contributed by atoms with E-state index >= 15 is 0 Å². The van der Waals surface area contributed by atoms with Crippen molar-refractivity contribution in [3.63, 3.8) is 0 Å². The molecule has 0 spiro atoms. The molecule has 4 atom stereocenters. The first-order valence-electron chi connectivity index (χ1n) is 5.82. The third-order valence-electron chi connectivity index (χ3n) is 3.92. The lowest BCUT2D eigenvalue weighted by atomic mass is 9.81. The molecule has 0 unspecified atom stereocenters. The van der Waals surface area contributed by atoms with Gasteiger partial charge in [-0.25, -0.2) is 0 Å². The maximum Gasteiger partial charge on any atom is 0.305 e. The standard InChI is InChI=1S/C11H13NO5/c13-7(14)3-4-12-10(15)8-5-1-2-6(17-5)9(8)11(12)16/h5-6,8-9H,1-4H2,(H,13,14)/t5-,6+,8-,9+. The first kappa shape index (κ1) is 10.7. The van der Waals surface area contributed by atoms with Crippen LogP contribution in [-0.2, 0) is 19.1 Å². The molecule has 0 radical (unpaired) electrons. The highest BCUT2D eigenvalue weighted by atomic mass is 16.5. The predicted octanol–water partition coefficient (Wildman–Crippen LogP) is -0.377. The van der Waals surface area contributed by atoms with Crippen LogP contribution in [0.15, 0.2) is 0 Å². The molecule has 3 fully saturated rings. The highest BCUT2D eigenvalue weighted by molar-refractivity contribution is 6.06. The minimum absolute atomic E-state index is 0.0144. The minimum atomic E-state index is -0.998. The first-order valence-corrected chi connectivity index (χ1v) is 5.82. The van der Waals surface area contributed by atoms with Gasteiger partial charge in [-0.15, -0.1) is 0 Å². The SMILES string of the molecule is O=C(O)CCN1C(=O)[C@@H]2[C@H](C1=O)[C@H]1CC[C@@H]2O1. The number of fused-ring (bicyclic) bond motifs is 5. The van der Waals surface area contributed by atoms with Crippen LogP contribution in [0.3, 0.4) is 0 Å². The average Bonchev–Trinajstić information content (AvgIpc) is 2.92. The van der Waals surface area contributed by atoms with Gasteiger partial charge in [0.2, 0.25) is 11.8 Å². The summed E-state index contributed by atoms with van der Waals surface area (Å²) in [7, 11) is 0. The Morgan fingerprint density at radius 1 is 1.24 bits per heavy atom. The molecule has 92 valence electrons. The van der Waals surface area contributed by atoms with Crippen LogP contribution >= 0.6 is 0 Å². The molecule has 0 saturated carbocycles. The summed E-state index contributed by atoms with van der Waals surface area (Å²) in [5.74, 6) is -2.19. The number of nitrogens with zero attached hydrogens (tertiary/aromatic N) is 1. The number of ether oxygens (including phenoxy) is 1. The molecular weight excluding hydrogens is 226 g/mol. The van der Waals surface area contributed by atoms with Crippen LogP contribution < -0.4 is 0 Å². The van der Waals surface area contributed by atoms with Crippen LogP contribution in [0.5, 0.6) is 0 Å². The fraction of sp³-hybridized carbons (Fsp3) is 0.727. The lowest BCUT2D eigenvalue weighted by Crippen LogP contribution is -2.35. The number of carbonyl (C=O) groups excluding carboxylic acids is 2. The van der Waals surface area contributed by atoms with Crippen LogP contribution in [0.2, 0.25) is 0 Å². The molecule has 2 bridgehead atoms. The Bertz CT molecular complexity index is 379. The van der Waals surface area contributed by atoms with E-state index in [4.69, 9.17) is 9.84 Å². The van der Waals surface area contributed by atoms with Crippen molar-refractivity contribution in [1.29, 1.82) is 0 Å². The molecule has 3 rings (SSSR count). The van der Waals surface area contributed by atoms with Gasteiger partial charge in [0.1, 0.15) is 0 Å². The van der Waals surface area contributed by atoms with Crippen molar-refractivity contribution >= 4 is 17.8 Å². The van der Waals surface area contributed by atoms with E-state index in [1.54, 1.807) is 0 Å². The number of hydrogen-bond acceptors (Lipinski definition) is 4. The number of carboxylic acid groups (broad SMARTS) is 1. The van der Waals surface area contributed by atoms with Crippen molar-refractivity contribution in [2.24, 2.45) is 11.8 Å². The highest BCUT2D eigenvalue weighted by Crippen LogP contribution is 2.48. The molecule has 3 heterocycles. The monoisotopic (exact) mass is 239 g/mol. The number of likely N-dealkylation sites (tertiary alicyclic amines) is 1. The molecule has 3 saturated heterocycles. The Balaban J connectivity index is 1.78. The zero-order valence-electron chi connectivity index (χ0n) is 9.17. The summed E-state index contributed by atoms with van der Waals surface area (Å²) in [6, 6.07) is 0. The van der Waals surface area contributed by atoms with Gasteiger partial charge in [-0.1, -0.05) is 0 Å². The zero-order chi connectivity index (χ0) is 12.2. The largest absolute Gasteiger partial charge is 0.481 e. The van der Waals surface area contributed by atoms with Gasteiger partial charge in [0.25, 0.3) is 0 Å². The van der Waals surface area contributed by atoms with Crippen LogP contribution in [0, 0.1) is 11.8 Å². The number of carbonyl (C=O) groups is 3. The van der Waals surface area contributed by atoms with Crippen molar-refractivity contribution in [3.05, 3.63) is 0 Å². The summed E-state index contributed by atoms with van der Waals surface area (Å²) < 4.78 is 5.57. The van der Waals surface area contributed by atoms with Gasteiger partial charge < -0.3 is 9.84 Å². The van der Waals surface area contributed by atoms with E-state index in [9.17, 15) is 14.4 Å². The molecule has 6 heteroatoms. The second kappa shape index (κ2) is 3.53. The van der Waals surface area contributed by atoms with E-state index in [0.717, 1.165) is 17.7 Å². The van der Waals surface area contributed by atoms with E-state index in [2.05, 4.69) is 0 Å². The minimum Gasteiger partial charge on any atom is -0.481 e. The quantitative estimate of drug-likeness (QED) is 0.679. The maximum absolute atomic E-state index is 12.0. The van der Waals surface area contributed by atoms with Gasteiger partial charge in [0.05, 0.1) is 30.5 Å². The molecule has 0 aromatic rings. The number of aliphatic carboxylic acids is 1. The third-order valence-corrected chi connectivity index (χ3v) is 3.92. The summed E-state index contributed by atoms with van der Waals surface area (Å²) in [4.78, 5) is 35.7. The number of hydrogen-bond donors (Lipinski definition) is 1. The molecule has 3 aliphatic rings. The average molecular weight is 239 g/mol. The number of imide groups is 1. The molecule has 2 amide bonds. The number of carboxylic acids is 1. The molecule has 0 aliphatic carbocycles. The zero-order valence-corrected chi connectivity index (χ0v) is 9.17. The highest BCUT2D eigenvalue weighted by Gasteiger charge is 2.62. The molecule has 0 aromatic heterocycles. The third kappa shape index (κ3) is 1.40. The Hall–Kier alpha value is -1.43. The lowest BCUT2D eigenvalue weighted by molar-refractivity contribution is -0.144. The van der Waals surface area contributed by atoms with Crippen molar-refractivity contribution in [2.75, 3.05) is 6.54 Å². The summed E-state index contributed by atoms with van der Waals surface area (Å²) in [6.07, 6.45) is 1.22. The molecule has 6 nitrogen and oxygen atoms in total. The normalized spacial score (nSPS) is 38.9. The fourth-order valence-corrected chi connectivity index (χ4v) is 3.20. The van der Waals surface area contributed by atoms with Gasteiger partial charge in [0, 0.05) is 6.54 Å². The van der Waals surface area contributed by atoms with Crippen molar-refractivity contribution in [2.45, 2.75) is 31.5 Å². The van der Waals surface area contributed by atoms with E-state index in [1.807, 2.05) is 0 Å². The predicted molar refractivity (Wildman–Crippen MR) is 53.8 cm³/mol. The maximum atomic E-state index is 12.0. The van der Waals surface area contributed by atoms with Crippen LogP contribution in [0.1, 0.15) is 19.3 Å². The first-order chi connectivity index (χ1) is 8.09. The summed E-state index contributed by atoms with van der Waals surface area (Å²) in [5, 5.41) is 8.59. The summed E-state index contributed by atoms with van der Waals surface area (Å²) >= 11 is 0. The summed E-state index contributed by atoms with van der Waals surface area (Å²) in [5.41, 5.74) is 0. The Morgan fingerprint density at radius 2 is 1.76 bits per heavy atom. The Morgan fingerprint density at radius 3 is 2.24 bits per heavy atom. The van der Waals surface area contributed by atoms with Crippen molar-refractivity contribution < 1.29 is 24.2 Å². The molecule has 17 heavy (non-hydrogen) atoms. The van der Waals surface area contributed by atoms with Crippen LogP contribution in [0.25, 0.3) is 0 Å². The number of rotatable bonds is 3. The topological polar surface area (TPSA) is 83.9 Å². The van der Waals surface area contributed by atoms with E-state index < -0.39 is 5.97 Å². The van der Waals surface area contributed by atoms with E-state index in [1.165, 1.54) is 0 Å². The van der Waals surface area contributed by atoms with Gasteiger partial charge in [-0.2, -0.15) is 0 Å².